The Labute approximate surface area is 256 Å². The van der Waals surface area contributed by atoms with Gasteiger partial charge >= 0.3 is 12.1 Å². The van der Waals surface area contributed by atoms with Crippen molar-refractivity contribution < 1.29 is 23.9 Å². The molecular formula is C29H28Cl2N6O6. The molecule has 43 heavy (non-hydrogen) atoms. The molecule has 0 bridgehead atoms. The number of alkyl carbamates (subject to hydrolysis) is 1. The summed E-state index contributed by atoms with van der Waals surface area (Å²) in [6, 6.07) is 11.8. The zero-order valence-corrected chi connectivity index (χ0v) is 25.1. The minimum absolute atomic E-state index is 0.00148. The molecule has 224 valence electrons. The normalized spacial score (nSPS) is 11.9. The minimum Gasteiger partial charge on any atom is -0.467 e. The number of hydrogen-bond donors (Lipinski definition) is 4. The van der Waals surface area contributed by atoms with Crippen molar-refractivity contribution in [2.45, 2.75) is 32.4 Å². The fraction of sp³-hybridized carbons (Fsp3) is 0.241. The van der Waals surface area contributed by atoms with E-state index in [2.05, 4.69) is 30.9 Å². The van der Waals surface area contributed by atoms with Gasteiger partial charge in [0.2, 0.25) is 0 Å². The number of carbonyl (C=O) groups is 3. The summed E-state index contributed by atoms with van der Waals surface area (Å²) in [6.07, 6.45) is 0.750. The van der Waals surface area contributed by atoms with Crippen molar-refractivity contribution in [3.05, 3.63) is 91.8 Å². The molecule has 4 N–H and O–H groups in total. The first-order valence-corrected chi connectivity index (χ1v) is 13.7. The maximum atomic E-state index is 13.3. The van der Waals surface area contributed by atoms with Crippen molar-refractivity contribution in [1.82, 2.24) is 25.6 Å². The number of aromatic amines is 1. The summed E-state index contributed by atoms with van der Waals surface area (Å²) < 4.78 is 10.3. The number of rotatable bonds is 8. The second-order valence-corrected chi connectivity index (χ2v) is 11.1. The third-order valence-corrected chi connectivity index (χ3v) is 6.45. The number of anilines is 1. The van der Waals surface area contributed by atoms with Crippen LogP contribution in [0.1, 0.15) is 53.1 Å². The highest BCUT2D eigenvalue weighted by Gasteiger charge is 2.22. The van der Waals surface area contributed by atoms with E-state index in [0.717, 1.165) is 0 Å². The lowest BCUT2D eigenvalue weighted by Gasteiger charge is -2.23. The quantitative estimate of drug-likeness (QED) is 0.215. The predicted molar refractivity (Wildman–Crippen MR) is 162 cm³/mol. The van der Waals surface area contributed by atoms with Gasteiger partial charge in [-0.2, -0.15) is 4.98 Å². The van der Waals surface area contributed by atoms with Crippen molar-refractivity contribution in [3.63, 3.8) is 0 Å². The Hall–Kier alpha value is -4.68. The van der Waals surface area contributed by atoms with Gasteiger partial charge < -0.3 is 30.4 Å². The number of hydrogen-bond acceptors (Lipinski definition) is 8. The molecule has 3 amide bonds. The van der Waals surface area contributed by atoms with E-state index in [1.165, 1.54) is 37.6 Å². The van der Waals surface area contributed by atoms with E-state index in [-0.39, 0.29) is 40.0 Å². The zero-order chi connectivity index (χ0) is 31.3. The van der Waals surface area contributed by atoms with Crippen molar-refractivity contribution in [2.75, 3.05) is 19.0 Å². The minimum atomic E-state index is -0.767. The van der Waals surface area contributed by atoms with Crippen molar-refractivity contribution in [3.8, 4) is 6.01 Å². The molecule has 0 saturated heterocycles. The molecule has 2 heterocycles. The van der Waals surface area contributed by atoms with E-state index in [1.54, 1.807) is 45.0 Å². The van der Waals surface area contributed by atoms with Gasteiger partial charge in [0.1, 0.15) is 16.8 Å². The number of benzene rings is 2. The van der Waals surface area contributed by atoms with Crippen LogP contribution >= 0.6 is 23.2 Å². The van der Waals surface area contributed by atoms with Crippen LogP contribution in [0.25, 0.3) is 11.0 Å². The molecule has 12 nitrogen and oxygen atoms in total. The van der Waals surface area contributed by atoms with Crippen LogP contribution in [0.3, 0.4) is 0 Å². The molecule has 2 aromatic carbocycles. The number of carbonyl (C=O) groups excluding carboxylic acids is 3. The molecule has 0 aliphatic rings. The van der Waals surface area contributed by atoms with Gasteiger partial charge in [-0.05, 0) is 62.7 Å². The van der Waals surface area contributed by atoms with Crippen LogP contribution in [0.4, 0.5) is 10.5 Å². The second kappa shape index (κ2) is 13.1. The first-order chi connectivity index (χ1) is 20.3. The number of fused-ring (bicyclic) bond motifs is 1. The molecule has 4 aromatic rings. The van der Waals surface area contributed by atoms with Crippen LogP contribution in [-0.4, -0.2) is 52.1 Å². The van der Waals surface area contributed by atoms with Crippen molar-refractivity contribution >= 4 is 57.8 Å². The zero-order valence-electron chi connectivity index (χ0n) is 23.6. The molecular weight excluding hydrogens is 599 g/mol. The lowest BCUT2D eigenvalue weighted by Crippen LogP contribution is -2.40. The average Bonchev–Trinajstić information content (AvgIpc) is 2.94. The predicted octanol–water partition coefficient (Wildman–Crippen LogP) is 4.88. The number of nitrogens with one attached hydrogen (secondary N) is 4. The Morgan fingerprint density at radius 1 is 1.05 bits per heavy atom. The van der Waals surface area contributed by atoms with Crippen molar-refractivity contribution in [1.29, 1.82) is 0 Å². The van der Waals surface area contributed by atoms with Gasteiger partial charge in [0.15, 0.2) is 0 Å². The Morgan fingerprint density at radius 3 is 2.51 bits per heavy atom. The molecule has 0 saturated carbocycles. The summed E-state index contributed by atoms with van der Waals surface area (Å²) in [6.45, 7) is 5.21. The molecule has 2 aromatic heterocycles. The summed E-state index contributed by atoms with van der Waals surface area (Å²) in [5.74, 6) is -1.30. The molecule has 0 aliphatic heterocycles. The Bertz CT molecular complexity index is 1750. The number of methoxy groups -OCH3 is 1. The van der Waals surface area contributed by atoms with Crippen LogP contribution in [0.2, 0.25) is 10.0 Å². The largest absolute Gasteiger partial charge is 0.467 e. The highest BCUT2D eigenvalue weighted by atomic mass is 35.5. The first kappa shape index (κ1) is 31.3. The van der Waals surface area contributed by atoms with Gasteiger partial charge in [-0.15, -0.1) is 0 Å². The number of amides is 3. The van der Waals surface area contributed by atoms with Crippen LogP contribution in [0, 0.1) is 0 Å². The number of halogens is 2. The number of H-pyrrole nitrogens is 1. The molecule has 0 spiro atoms. The fourth-order valence-corrected chi connectivity index (χ4v) is 4.28. The first-order valence-electron chi connectivity index (χ1n) is 12.9. The van der Waals surface area contributed by atoms with Crippen LogP contribution in [-0.2, 0) is 4.74 Å². The molecule has 4 rings (SSSR count). The lowest BCUT2D eigenvalue weighted by atomic mass is 10.1. The third-order valence-electron chi connectivity index (χ3n) is 5.88. The van der Waals surface area contributed by atoms with Gasteiger partial charge in [0.25, 0.3) is 17.4 Å². The third kappa shape index (κ3) is 8.21. The Balaban J connectivity index is 1.54. The fourth-order valence-electron chi connectivity index (χ4n) is 3.91. The van der Waals surface area contributed by atoms with E-state index in [4.69, 9.17) is 32.7 Å². The topological polar surface area (TPSA) is 164 Å². The van der Waals surface area contributed by atoms with Gasteiger partial charge in [-0.25, -0.2) is 9.78 Å². The van der Waals surface area contributed by atoms with Gasteiger partial charge in [-0.1, -0.05) is 35.3 Å². The van der Waals surface area contributed by atoms with Gasteiger partial charge in [-0.3, -0.25) is 14.4 Å². The summed E-state index contributed by atoms with van der Waals surface area (Å²) in [4.78, 5) is 61.9. The molecule has 0 fully saturated rings. The monoisotopic (exact) mass is 626 g/mol. The maximum absolute atomic E-state index is 13.3. The van der Waals surface area contributed by atoms with Crippen LogP contribution in [0.5, 0.6) is 6.01 Å². The second-order valence-electron chi connectivity index (χ2n) is 10.3. The SMILES string of the molecule is COc1ncc2cc(C(=O)Nc3cc(C(=O)N[C@H](CNC(=O)OC(C)(C)C)c4cccc(Cl)c4)ccc3Cl)c(=O)[nH]c2n1. The van der Waals surface area contributed by atoms with Gasteiger partial charge in [0.05, 0.1) is 23.9 Å². The average molecular weight is 627 g/mol. The molecule has 0 radical (unpaired) electrons. The summed E-state index contributed by atoms with van der Waals surface area (Å²) in [5, 5.41) is 9.07. The highest BCUT2D eigenvalue weighted by Crippen LogP contribution is 2.25. The maximum Gasteiger partial charge on any atom is 0.407 e. The number of nitrogens with zero attached hydrogens (tertiary/aromatic N) is 2. The van der Waals surface area contributed by atoms with E-state index in [1.807, 2.05) is 0 Å². The summed E-state index contributed by atoms with van der Waals surface area (Å²) in [5.41, 5.74) is -0.550. The Morgan fingerprint density at radius 2 is 1.81 bits per heavy atom. The number of aromatic nitrogens is 3. The van der Waals surface area contributed by atoms with Crippen molar-refractivity contribution in [2.24, 2.45) is 0 Å². The molecule has 0 aliphatic carbocycles. The smallest absolute Gasteiger partial charge is 0.407 e. The molecule has 0 unspecified atom stereocenters. The highest BCUT2D eigenvalue weighted by molar-refractivity contribution is 6.34. The Kier molecular flexibility index (Phi) is 9.52. The number of ether oxygens (including phenoxy) is 2. The standard InChI is InChI=1S/C29H28Cl2N6O6/c1-29(2,3)43-28(41)33-14-22(15-6-5-7-18(30)10-15)35-24(38)16-8-9-20(31)21(12-16)34-25(39)19-11-17-13-32-27(42-4)37-23(17)36-26(19)40/h5-13,22H,14H2,1-4H3,(H,33,41)(H,34,39)(H,35,38)(H,32,36,37,40)/t22-/m1/s1. The van der Waals surface area contributed by atoms with E-state index in [9.17, 15) is 19.2 Å². The lowest BCUT2D eigenvalue weighted by molar-refractivity contribution is 0.0519. The van der Waals surface area contributed by atoms with E-state index < -0.39 is 35.1 Å². The van der Waals surface area contributed by atoms with E-state index in [0.29, 0.717) is 16.0 Å². The van der Waals surface area contributed by atoms with Crippen LogP contribution < -0.4 is 26.2 Å². The molecule has 1 atom stereocenters. The van der Waals surface area contributed by atoms with E-state index >= 15 is 0 Å². The number of pyridine rings is 1. The summed E-state index contributed by atoms with van der Waals surface area (Å²) in [7, 11) is 1.39. The van der Waals surface area contributed by atoms with Gasteiger partial charge in [0, 0.05) is 28.7 Å². The summed E-state index contributed by atoms with van der Waals surface area (Å²) >= 11 is 12.5. The van der Waals surface area contributed by atoms with Crippen LogP contribution in [0.15, 0.2) is 59.5 Å². The molecule has 14 heteroatoms.